The summed E-state index contributed by atoms with van der Waals surface area (Å²) >= 11 is 0. The van der Waals surface area contributed by atoms with Crippen LogP contribution in [-0.4, -0.2) is 6.61 Å². The van der Waals surface area contributed by atoms with Gasteiger partial charge in [0.15, 0.2) is 23.2 Å². The first-order valence-corrected chi connectivity index (χ1v) is 11.6. The number of benzene rings is 3. The van der Waals surface area contributed by atoms with Crippen molar-refractivity contribution in [3.8, 4) is 22.6 Å². The maximum absolute atomic E-state index is 14.9. The summed E-state index contributed by atoms with van der Waals surface area (Å²) in [5.74, 6) is -0.706. The number of rotatable bonds is 7. The highest BCUT2D eigenvalue weighted by atomic mass is 19.2. The van der Waals surface area contributed by atoms with E-state index in [1.54, 1.807) is 42.5 Å². The summed E-state index contributed by atoms with van der Waals surface area (Å²) in [7, 11) is 0. The fourth-order valence-corrected chi connectivity index (χ4v) is 4.47. The normalized spacial score (nSPS) is 18.2. The van der Waals surface area contributed by atoms with E-state index >= 15 is 0 Å². The van der Waals surface area contributed by atoms with Crippen molar-refractivity contribution in [3.63, 3.8) is 0 Å². The minimum Gasteiger partial charge on any atom is -0.494 e. The zero-order valence-electron chi connectivity index (χ0n) is 19.0. The molecule has 3 aromatic carbocycles. The van der Waals surface area contributed by atoms with E-state index in [9.17, 15) is 13.2 Å². The van der Waals surface area contributed by atoms with Crippen LogP contribution in [0.25, 0.3) is 11.1 Å². The minimum atomic E-state index is -0.799. The molecule has 5 heteroatoms. The quantitative estimate of drug-likeness (QED) is 0.360. The van der Waals surface area contributed by atoms with Gasteiger partial charge in [0.1, 0.15) is 12.4 Å². The molecule has 2 nitrogen and oxygen atoms in total. The van der Waals surface area contributed by atoms with Crippen molar-refractivity contribution in [2.24, 2.45) is 5.92 Å². The molecule has 1 fully saturated rings. The van der Waals surface area contributed by atoms with E-state index in [4.69, 9.17) is 9.47 Å². The zero-order chi connectivity index (χ0) is 23.4. The molecule has 4 rings (SSSR count). The van der Waals surface area contributed by atoms with Crippen molar-refractivity contribution in [1.82, 2.24) is 0 Å². The van der Waals surface area contributed by atoms with Gasteiger partial charge in [-0.3, -0.25) is 0 Å². The highest BCUT2D eigenvalue weighted by molar-refractivity contribution is 5.65. The van der Waals surface area contributed by atoms with Crippen LogP contribution >= 0.6 is 0 Å². The lowest BCUT2D eigenvalue weighted by molar-refractivity contribution is 0.287. The summed E-state index contributed by atoms with van der Waals surface area (Å²) in [5, 5.41) is 0. The maximum atomic E-state index is 14.9. The van der Waals surface area contributed by atoms with E-state index in [1.807, 2.05) is 6.92 Å². The number of hydrogen-bond acceptors (Lipinski definition) is 2. The second-order valence-electron chi connectivity index (χ2n) is 8.80. The molecule has 1 saturated carbocycles. The monoisotopic (exact) mass is 454 g/mol. The van der Waals surface area contributed by atoms with Crippen molar-refractivity contribution < 1.29 is 22.6 Å². The first-order valence-electron chi connectivity index (χ1n) is 11.6. The zero-order valence-corrected chi connectivity index (χ0v) is 19.0. The Kier molecular flexibility index (Phi) is 7.26. The van der Waals surface area contributed by atoms with E-state index in [1.165, 1.54) is 12.1 Å². The lowest BCUT2D eigenvalue weighted by Crippen LogP contribution is -2.13. The molecule has 1 aliphatic carbocycles. The van der Waals surface area contributed by atoms with Crippen LogP contribution in [-0.2, 0) is 6.61 Å². The summed E-state index contributed by atoms with van der Waals surface area (Å²) in [6.45, 7) is 4.65. The van der Waals surface area contributed by atoms with Crippen LogP contribution in [0.15, 0.2) is 54.6 Å². The fourth-order valence-electron chi connectivity index (χ4n) is 4.47. The summed E-state index contributed by atoms with van der Waals surface area (Å²) < 4.78 is 54.8. The average Bonchev–Trinajstić information content (AvgIpc) is 2.82. The summed E-state index contributed by atoms with van der Waals surface area (Å²) in [6, 6.07) is 14.9. The number of ether oxygens (including phenoxy) is 2. The summed E-state index contributed by atoms with van der Waals surface area (Å²) in [5.41, 5.74) is 2.11. The molecule has 0 radical (unpaired) electrons. The predicted molar refractivity (Wildman–Crippen MR) is 124 cm³/mol. The van der Waals surface area contributed by atoms with Gasteiger partial charge < -0.3 is 9.47 Å². The highest BCUT2D eigenvalue weighted by Crippen LogP contribution is 2.38. The average molecular weight is 455 g/mol. The van der Waals surface area contributed by atoms with Crippen LogP contribution < -0.4 is 9.47 Å². The topological polar surface area (TPSA) is 18.5 Å². The smallest absolute Gasteiger partial charge is 0.168 e. The molecule has 33 heavy (non-hydrogen) atoms. The van der Waals surface area contributed by atoms with Crippen LogP contribution in [0.5, 0.6) is 11.5 Å². The molecule has 3 aromatic rings. The highest BCUT2D eigenvalue weighted by Gasteiger charge is 2.25. The van der Waals surface area contributed by atoms with Gasteiger partial charge in [-0.15, -0.1) is 0 Å². The van der Waals surface area contributed by atoms with Crippen molar-refractivity contribution in [2.75, 3.05) is 6.61 Å². The molecule has 0 saturated heterocycles. The maximum Gasteiger partial charge on any atom is 0.168 e. The molecule has 0 aromatic heterocycles. The molecule has 174 valence electrons. The summed E-state index contributed by atoms with van der Waals surface area (Å²) in [6.07, 6.45) is 3.91. The first-order chi connectivity index (χ1) is 16.0. The second kappa shape index (κ2) is 10.3. The predicted octanol–water partition coefficient (Wildman–Crippen LogP) is 8.04. The molecule has 0 heterocycles. The van der Waals surface area contributed by atoms with Gasteiger partial charge in [0, 0.05) is 11.6 Å². The van der Waals surface area contributed by atoms with Gasteiger partial charge in [-0.1, -0.05) is 56.2 Å². The van der Waals surface area contributed by atoms with E-state index < -0.39 is 17.5 Å². The van der Waals surface area contributed by atoms with E-state index in [0.29, 0.717) is 29.4 Å². The first kappa shape index (κ1) is 23.2. The lowest BCUT2D eigenvalue weighted by Gasteiger charge is -2.27. The lowest BCUT2D eigenvalue weighted by atomic mass is 9.79. The Bertz CT molecular complexity index is 1090. The molecule has 0 atom stereocenters. The molecule has 0 aliphatic heterocycles. The van der Waals surface area contributed by atoms with Crippen molar-refractivity contribution in [2.45, 2.75) is 52.1 Å². The van der Waals surface area contributed by atoms with Crippen molar-refractivity contribution >= 4 is 0 Å². The van der Waals surface area contributed by atoms with Crippen LogP contribution in [0, 0.1) is 23.4 Å². The van der Waals surface area contributed by atoms with Crippen molar-refractivity contribution in [1.29, 1.82) is 0 Å². The van der Waals surface area contributed by atoms with Gasteiger partial charge in [-0.25, -0.2) is 13.2 Å². The van der Waals surface area contributed by atoms with Crippen LogP contribution in [0.1, 0.15) is 56.6 Å². The van der Waals surface area contributed by atoms with Gasteiger partial charge in [0.25, 0.3) is 0 Å². The van der Waals surface area contributed by atoms with Gasteiger partial charge in [0.05, 0.1) is 6.61 Å². The van der Waals surface area contributed by atoms with Crippen LogP contribution in [0.4, 0.5) is 13.2 Å². The van der Waals surface area contributed by atoms with Gasteiger partial charge in [-0.05, 0) is 60.4 Å². The Morgan fingerprint density at radius 2 is 1.55 bits per heavy atom. The third-order valence-corrected chi connectivity index (χ3v) is 6.44. The molecule has 0 amide bonds. The van der Waals surface area contributed by atoms with E-state index in [-0.39, 0.29) is 23.8 Å². The van der Waals surface area contributed by atoms with Gasteiger partial charge in [0.2, 0.25) is 0 Å². The molecule has 1 aliphatic rings. The Morgan fingerprint density at radius 3 is 2.21 bits per heavy atom. The second-order valence-corrected chi connectivity index (χ2v) is 8.80. The molecular weight excluding hydrogens is 425 g/mol. The molecule has 0 N–H and O–H groups in total. The molecule has 0 bridgehead atoms. The van der Waals surface area contributed by atoms with Crippen LogP contribution in [0.3, 0.4) is 0 Å². The van der Waals surface area contributed by atoms with Crippen LogP contribution in [0.2, 0.25) is 0 Å². The van der Waals surface area contributed by atoms with Crippen molar-refractivity contribution in [3.05, 3.63) is 83.2 Å². The third kappa shape index (κ3) is 5.35. The summed E-state index contributed by atoms with van der Waals surface area (Å²) in [4.78, 5) is 0. The van der Waals surface area contributed by atoms with Gasteiger partial charge >= 0.3 is 0 Å². The fraction of sp³-hybridized carbons (Fsp3) is 0.357. The molecular formula is C28H29F3O2. The minimum absolute atomic E-state index is 0.0901. The number of halogens is 3. The van der Waals surface area contributed by atoms with E-state index in [0.717, 1.165) is 31.2 Å². The van der Waals surface area contributed by atoms with Gasteiger partial charge in [-0.2, -0.15) is 0 Å². The standard InChI is InChI=1S/C28H29F3O2/c1-3-32-22-12-15-26(25(29)16-22)33-17-19-6-10-21(11-7-19)24-14-13-23(27(30)28(24)31)20-8-4-18(2)5-9-20/h6-7,10-16,18,20H,3-5,8-9,17H2,1-2H3. The third-order valence-electron chi connectivity index (χ3n) is 6.44. The Labute approximate surface area is 193 Å². The Balaban J connectivity index is 1.44. The van der Waals surface area contributed by atoms with E-state index in [2.05, 4.69) is 6.92 Å². The molecule has 0 unspecified atom stereocenters. The molecule has 0 spiro atoms. The Hall–Kier alpha value is -2.95. The number of hydrogen-bond donors (Lipinski definition) is 0. The Morgan fingerprint density at radius 1 is 0.818 bits per heavy atom. The SMILES string of the molecule is CCOc1ccc(OCc2ccc(-c3ccc(C4CCC(C)CC4)c(F)c3F)cc2)c(F)c1. The largest absolute Gasteiger partial charge is 0.494 e.